The van der Waals surface area contributed by atoms with Crippen molar-refractivity contribution in [2.45, 2.75) is 39.8 Å². The Hall–Kier alpha value is -1.85. The molecular formula is C20H25BrN2O2. The molecule has 134 valence electrons. The van der Waals surface area contributed by atoms with Gasteiger partial charge in [0.05, 0.1) is 0 Å². The summed E-state index contributed by atoms with van der Waals surface area (Å²) in [7, 11) is 0. The lowest BCUT2D eigenvalue weighted by atomic mass is 10.2. The van der Waals surface area contributed by atoms with E-state index in [1.807, 2.05) is 49.4 Å². The number of carbonyl (C=O) groups excluding carboxylic acids is 1. The number of anilines is 1. The molecule has 25 heavy (non-hydrogen) atoms. The molecule has 0 bridgehead atoms. The van der Waals surface area contributed by atoms with Crippen LogP contribution in [-0.4, -0.2) is 18.6 Å². The van der Waals surface area contributed by atoms with E-state index in [0.717, 1.165) is 33.5 Å². The molecule has 0 aliphatic carbocycles. The molecule has 0 unspecified atom stereocenters. The Balaban J connectivity index is 1.94. The number of nitrogens with one attached hydrogen (secondary N) is 2. The maximum absolute atomic E-state index is 12.1. The molecule has 2 N–H and O–H groups in total. The number of aryl methyl sites for hydroxylation is 1. The van der Waals surface area contributed by atoms with Crippen molar-refractivity contribution in [1.29, 1.82) is 0 Å². The smallest absolute Gasteiger partial charge is 0.262 e. The lowest BCUT2D eigenvalue weighted by Crippen LogP contribution is -2.25. The Labute approximate surface area is 158 Å². The molecule has 0 radical (unpaired) electrons. The summed E-state index contributed by atoms with van der Waals surface area (Å²) >= 11 is 3.49. The van der Waals surface area contributed by atoms with E-state index in [1.54, 1.807) is 0 Å². The first-order valence-corrected chi connectivity index (χ1v) is 9.28. The highest BCUT2D eigenvalue weighted by molar-refractivity contribution is 9.10. The Morgan fingerprint density at radius 2 is 1.92 bits per heavy atom. The summed E-state index contributed by atoms with van der Waals surface area (Å²) in [4.78, 5) is 12.1. The van der Waals surface area contributed by atoms with Crippen LogP contribution in [0.25, 0.3) is 0 Å². The number of halogens is 1. The first-order valence-electron chi connectivity index (χ1n) is 8.49. The van der Waals surface area contributed by atoms with Gasteiger partial charge in [-0.1, -0.05) is 40.5 Å². The summed E-state index contributed by atoms with van der Waals surface area (Å²) in [5.74, 6) is 0.547. The maximum Gasteiger partial charge on any atom is 0.262 e. The van der Waals surface area contributed by atoms with Crippen molar-refractivity contribution >= 4 is 27.5 Å². The van der Waals surface area contributed by atoms with E-state index in [1.165, 1.54) is 0 Å². The van der Waals surface area contributed by atoms with Crippen LogP contribution in [0.4, 0.5) is 5.69 Å². The van der Waals surface area contributed by atoms with Gasteiger partial charge in [0.25, 0.3) is 5.91 Å². The molecule has 4 nitrogen and oxygen atoms in total. The predicted octanol–water partition coefficient (Wildman–Crippen LogP) is 4.66. The van der Waals surface area contributed by atoms with E-state index in [-0.39, 0.29) is 12.5 Å². The third-order valence-electron chi connectivity index (χ3n) is 3.97. The van der Waals surface area contributed by atoms with Crippen molar-refractivity contribution < 1.29 is 9.53 Å². The highest BCUT2D eigenvalue weighted by atomic mass is 79.9. The Morgan fingerprint density at radius 1 is 1.20 bits per heavy atom. The largest absolute Gasteiger partial charge is 0.483 e. The number of carbonyl (C=O) groups is 1. The Bertz CT molecular complexity index is 701. The minimum Gasteiger partial charge on any atom is -0.483 e. The SMILES string of the molecule is CC[C@@H](C)NCc1cc(Br)ccc1OCC(=O)Nc1ccc(C)cc1. The average Bonchev–Trinajstić information content (AvgIpc) is 2.60. The second kappa shape index (κ2) is 9.59. The van der Waals surface area contributed by atoms with E-state index in [4.69, 9.17) is 4.74 Å². The second-order valence-electron chi connectivity index (χ2n) is 6.15. The average molecular weight is 405 g/mol. The van der Waals surface area contributed by atoms with E-state index in [9.17, 15) is 4.79 Å². The standard InChI is InChI=1S/C20H25BrN2O2/c1-4-15(3)22-12-16-11-17(21)7-10-19(16)25-13-20(24)23-18-8-5-14(2)6-9-18/h5-11,15,22H,4,12-13H2,1-3H3,(H,23,24)/t15-/m1/s1. The highest BCUT2D eigenvalue weighted by Gasteiger charge is 2.09. The van der Waals surface area contributed by atoms with Crippen LogP contribution in [0.2, 0.25) is 0 Å². The van der Waals surface area contributed by atoms with E-state index in [0.29, 0.717) is 12.6 Å². The van der Waals surface area contributed by atoms with Gasteiger partial charge in [0.2, 0.25) is 0 Å². The molecule has 1 atom stereocenters. The lowest BCUT2D eigenvalue weighted by Gasteiger charge is -2.15. The summed E-state index contributed by atoms with van der Waals surface area (Å²) in [6.45, 7) is 6.98. The molecule has 0 spiro atoms. The fraction of sp³-hybridized carbons (Fsp3) is 0.350. The van der Waals surface area contributed by atoms with Crippen LogP contribution in [0.5, 0.6) is 5.75 Å². The quantitative estimate of drug-likeness (QED) is 0.672. The zero-order chi connectivity index (χ0) is 18.2. The van der Waals surface area contributed by atoms with E-state index < -0.39 is 0 Å². The van der Waals surface area contributed by atoms with Crippen molar-refractivity contribution in [2.24, 2.45) is 0 Å². The van der Waals surface area contributed by atoms with E-state index in [2.05, 4.69) is 40.4 Å². The molecule has 0 fully saturated rings. The van der Waals surface area contributed by atoms with Crippen LogP contribution < -0.4 is 15.4 Å². The van der Waals surface area contributed by atoms with Crippen LogP contribution in [0.1, 0.15) is 31.4 Å². The summed E-state index contributed by atoms with van der Waals surface area (Å²) < 4.78 is 6.73. The minimum atomic E-state index is -0.174. The summed E-state index contributed by atoms with van der Waals surface area (Å²) in [5.41, 5.74) is 2.95. The van der Waals surface area contributed by atoms with Gasteiger partial charge in [-0.3, -0.25) is 4.79 Å². The van der Waals surface area contributed by atoms with Crippen molar-refractivity contribution in [1.82, 2.24) is 5.32 Å². The molecule has 0 aliphatic heterocycles. The lowest BCUT2D eigenvalue weighted by molar-refractivity contribution is -0.118. The molecule has 0 saturated heterocycles. The topological polar surface area (TPSA) is 50.4 Å². The third kappa shape index (κ3) is 6.52. The monoisotopic (exact) mass is 404 g/mol. The fourth-order valence-electron chi connectivity index (χ4n) is 2.23. The fourth-order valence-corrected chi connectivity index (χ4v) is 2.64. The summed E-state index contributed by atoms with van der Waals surface area (Å²) in [6.07, 6.45) is 1.06. The number of amides is 1. The van der Waals surface area contributed by atoms with Gasteiger partial charge in [0.15, 0.2) is 6.61 Å². The number of rotatable bonds is 8. The van der Waals surface area contributed by atoms with Gasteiger partial charge in [0, 0.05) is 28.3 Å². The van der Waals surface area contributed by atoms with Gasteiger partial charge in [0.1, 0.15) is 5.75 Å². The third-order valence-corrected chi connectivity index (χ3v) is 4.46. The Kier molecular flexibility index (Phi) is 7.47. The summed E-state index contributed by atoms with van der Waals surface area (Å²) in [6, 6.07) is 13.9. The van der Waals surface area contributed by atoms with Gasteiger partial charge in [-0.15, -0.1) is 0 Å². The Morgan fingerprint density at radius 3 is 2.60 bits per heavy atom. The van der Waals surface area contributed by atoms with Gasteiger partial charge in [-0.2, -0.15) is 0 Å². The molecule has 0 aromatic heterocycles. The molecule has 2 aromatic rings. The van der Waals surface area contributed by atoms with Crippen LogP contribution in [0.15, 0.2) is 46.9 Å². The van der Waals surface area contributed by atoms with Crippen LogP contribution in [0.3, 0.4) is 0 Å². The van der Waals surface area contributed by atoms with Crippen LogP contribution in [0, 0.1) is 6.92 Å². The highest BCUT2D eigenvalue weighted by Crippen LogP contribution is 2.23. The van der Waals surface area contributed by atoms with Gasteiger partial charge >= 0.3 is 0 Å². The van der Waals surface area contributed by atoms with Crippen LogP contribution in [-0.2, 0) is 11.3 Å². The van der Waals surface area contributed by atoms with Crippen molar-refractivity contribution in [3.8, 4) is 5.75 Å². The molecule has 0 heterocycles. The number of hydrogen-bond donors (Lipinski definition) is 2. The molecule has 2 aromatic carbocycles. The molecule has 5 heteroatoms. The first-order chi connectivity index (χ1) is 12.0. The van der Waals surface area contributed by atoms with E-state index >= 15 is 0 Å². The number of ether oxygens (including phenoxy) is 1. The molecule has 0 saturated carbocycles. The first kappa shape index (κ1) is 19.5. The molecule has 0 aliphatic rings. The normalized spacial score (nSPS) is 11.8. The molecule has 1 amide bonds. The number of hydrogen-bond acceptors (Lipinski definition) is 3. The maximum atomic E-state index is 12.1. The molecular weight excluding hydrogens is 380 g/mol. The predicted molar refractivity (Wildman–Crippen MR) is 106 cm³/mol. The zero-order valence-electron chi connectivity index (χ0n) is 14.9. The van der Waals surface area contributed by atoms with Gasteiger partial charge < -0.3 is 15.4 Å². The van der Waals surface area contributed by atoms with Crippen molar-refractivity contribution in [2.75, 3.05) is 11.9 Å². The minimum absolute atomic E-state index is 0.0220. The van der Waals surface area contributed by atoms with Crippen molar-refractivity contribution in [3.05, 3.63) is 58.1 Å². The number of benzene rings is 2. The second-order valence-corrected chi connectivity index (χ2v) is 7.06. The molecule has 2 rings (SSSR count). The summed E-state index contributed by atoms with van der Waals surface area (Å²) in [5, 5.41) is 6.29. The van der Waals surface area contributed by atoms with Crippen molar-refractivity contribution in [3.63, 3.8) is 0 Å². The van der Waals surface area contributed by atoms with Crippen LogP contribution >= 0.6 is 15.9 Å². The van der Waals surface area contributed by atoms with Gasteiger partial charge in [-0.25, -0.2) is 0 Å². The van der Waals surface area contributed by atoms with Gasteiger partial charge in [-0.05, 0) is 50.6 Å². The zero-order valence-corrected chi connectivity index (χ0v) is 16.5.